The zero-order chi connectivity index (χ0) is 23.9. The number of hydrogen-bond acceptors (Lipinski definition) is 4. The van der Waals surface area contributed by atoms with Crippen LogP contribution < -0.4 is 11.2 Å². The summed E-state index contributed by atoms with van der Waals surface area (Å²) >= 11 is 1.38. The molecular formula is C24H16F3N3O2S. The quantitative estimate of drug-likeness (QED) is 0.420. The number of halogens is 3. The van der Waals surface area contributed by atoms with Crippen molar-refractivity contribution < 1.29 is 13.2 Å². The van der Waals surface area contributed by atoms with Crippen LogP contribution in [0.4, 0.5) is 13.2 Å². The Bertz CT molecular complexity index is 1520. The summed E-state index contributed by atoms with van der Waals surface area (Å²) in [4.78, 5) is 26.8. The van der Waals surface area contributed by atoms with Crippen LogP contribution in [0.1, 0.15) is 16.8 Å². The number of nitrogens with zero attached hydrogens (tertiary/aromatic N) is 3. The summed E-state index contributed by atoms with van der Waals surface area (Å²) < 4.78 is 41.8. The monoisotopic (exact) mass is 467 g/mol. The van der Waals surface area contributed by atoms with Gasteiger partial charge in [0.2, 0.25) is 0 Å². The van der Waals surface area contributed by atoms with Gasteiger partial charge in [-0.05, 0) is 54.3 Å². The van der Waals surface area contributed by atoms with Gasteiger partial charge in [0.05, 0.1) is 28.4 Å². The topological polar surface area (TPSA) is 67.8 Å². The molecule has 2 heterocycles. The van der Waals surface area contributed by atoms with Gasteiger partial charge in [0.25, 0.3) is 5.56 Å². The first-order valence-corrected chi connectivity index (χ1v) is 10.6. The lowest BCUT2D eigenvalue weighted by molar-refractivity contribution is -0.137. The molecule has 0 aliphatic heterocycles. The largest absolute Gasteiger partial charge is 0.416 e. The lowest BCUT2D eigenvalue weighted by Gasteiger charge is -2.17. The van der Waals surface area contributed by atoms with Crippen molar-refractivity contribution >= 4 is 11.3 Å². The van der Waals surface area contributed by atoms with E-state index in [2.05, 4.69) is 6.07 Å². The number of benzene rings is 2. The highest BCUT2D eigenvalue weighted by atomic mass is 32.1. The van der Waals surface area contributed by atoms with Crippen LogP contribution in [-0.4, -0.2) is 9.13 Å². The maximum atomic E-state index is 13.3. The van der Waals surface area contributed by atoms with Crippen molar-refractivity contribution in [2.45, 2.75) is 13.1 Å². The third-order valence-corrected chi connectivity index (χ3v) is 6.30. The standard InChI is InChI=1S/C24H16F3N3O2S/c1-14-20(19-10-11-33-21(19)16-8-6-15(13-28)7-9-16)22(31)29(2)23(32)30(14)18-5-3-4-17(12-18)24(25,26)27/h3-12H,1-2H3. The molecule has 4 rings (SSSR count). The zero-order valence-corrected chi connectivity index (χ0v) is 18.3. The molecule has 33 heavy (non-hydrogen) atoms. The van der Waals surface area contributed by atoms with E-state index in [1.165, 1.54) is 30.5 Å². The Hall–Kier alpha value is -3.90. The summed E-state index contributed by atoms with van der Waals surface area (Å²) in [6, 6.07) is 15.1. The van der Waals surface area contributed by atoms with Gasteiger partial charge in [0.1, 0.15) is 0 Å². The molecule has 9 heteroatoms. The van der Waals surface area contributed by atoms with Crippen LogP contribution in [0.2, 0.25) is 0 Å². The van der Waals surface area contributed by atoms with Crippen LogP contribution in [0.25, 0.3) is 27.3 Å². The van der Waals surface area contributed by atoms with E-state index in [0.717, 1.165) is 31.7 Å². The van der Waals surface area contributed by atoms with E-state index in [-0.39, 0.29) is 16.9 Å². The Balaban J connectivity index is 1.98. The second-order valence-electron chi connectivity index (χ2n) is 7.34. The first kappa shape index (κ1) is 22.3. The van der Waals surface area contributed by atoms with Gasteiger partial charge in [0.15, 0.2) is 0 Å². The highest BCUT2D eigenvalue weighted by Crippen LogP contribution is 2.37. The van der Waals surface area contributed by atoms with E-state index in [0.29, 0.717) is 11.1 Å². The summed E-state index contributed by atoms with van der Waals surface area (Å²) in [6.07, 6.45) is -4.58. The molecule has 2 aromatic carbocycles. The van der Waals surface area contributed by atoms with Crippen molar-refractivity contribution in [1.29, 1.82) is 5.26 Å². The number of aromatic nitrogens is 2. The Morgan fingerprint density at radius 2 is 1.73 bits per heavy atom. The van der Waals surface area contributed by atoms with Crippen LogP contribution in [0, 0.1) is 18.3 Å². The fourth-order valence-electron chi connectivity index (χ4n) is 3.68. The summed E-state index contributed by atoms with van der Waals surface area (Å²) in [6.45, 7) is 1.54. The molecule has 4 aromatic rings. The molecule has 2 aromatic heterocycles. The molecule has 0 spiro atoms. The smallest absolute Gasteiger partial charge is 0.268 e. The molecule has 0 aliphatic rings. The molecular weight excluding hydrogens is 451 g/mol. The lowest BCUT2D eigenvalue weighted by atomic mass is 10.0. The summed E-state index contributed by atoms with van der Waals surface area (Å²) in [5.41, 5.74) is 0.105. The van der Waals surface area contributed by atoms with Gasteiger partial charge in [-0.2, -0.15) is 18.4 Å². The summed E-state index contributed by atoms with van der Waals surface area (Å²) in [7, 11) is 1.30. The lowest BCUT2D eigenvalue weighted by Crippen LogP contribution is -2.39. The average Bonchev–Trinajstić information content (AvgIpc) is 3.27. The van der Waals surface area contributed by atoms with Crippen LogP contribution in [0.3, 0.4) is 0 Å². The van der Waals surface area contributed by atoms with Gasteiger partial charge in [-0.25, -0.2) is 4.79 Å². The molecule has 0 atom stereocenters. The van der Waals surface area contributed by atoms with E-state index < -0.39 is 23.0 Å². The van der Waals surface area contributed by atoms with Crippen molar-refractivity contribution in [2.24, 2.45) is 7.05 Å². The van der Waals surface area contributed by atoms with Crippen molar-refractivity contribution in [2.75, 3.05) is 0 Å². The molecule has 0 fully saturated rings. The first-order valence-electron chi connectivity index (χ1n) is 9.72. The zero-order valence-electron chi connectivity index (χ0n) is 17.5. The third-order valence-electron chi connectivity index (χ3n) is 5.34. The van der Waals surface area contributed by atoms with E-state index >= 15 is 0 Å². The van der Waals surface area contributed by atoms with Crippen molar-refractivity contribution in [3.63, 3.8) is 0 Å². The Labute approximate surface area is 190 Å². The molecule has 0 amide bonds. The van der Waals surface area contributed by atoms with Crippen molar-refractivity contribution in [3.05, 3.63) is 97.6 Å². The molecule has 0 aliphatic carbocycles. The fourth-order valence-corrected chi connectivity index (χ4v) is 4.59. The van der Waals surface area contributed by atoms with Gasteiger partial charge < -0.3 is 0 Å². The van der Waals surface area contributed by atoms with E-state index in [4.69, 9.17) is 5.26 Å². The van der Waals surface area contributed by atoms with Crippen LogP contribution in [0.15, 0.2) is 69.6 Å². The highest BCUT2D eigenvalue weighted by molar-refractivity contribution is 7.14. The fraction of sp³-hybridized carbons (Fsp3) is 0.125. The van der Waals surface area contributed by atoms with Crippen LogP contribution in [0.5, 0.6) is 0 Å². The van der Waals surface area contributed by atoms with E-state index in [1.807, 2.05) is 0 Å². The normalized spacial score (nSPS) is 11.4. The van der Waals surface area contributed by atoms with Gasteiger partial charge in [0, 0.05) is 23.2 Å². The predicted octanol–water partition coefficient (Wildman–Crippen LogP) is 5.13. The number of alkyl halides is 3. The molecule has 0 saturated heterocycles. The van der Waals surface area contributed by atoms with Crippen LogP contribution in [-0.2, 0) is 13.2 Å². The van der Waals surface area contributed by atoms with Gasteiger partial charge in [-0.1, -0.05) is 18.2 Å². The van der Waals surface area contributed by atoms with Gasteiger partial charge in [-0.3, -0.25) is 13.9 Å². The van der Waals surface area contributed by atoms with Crippen molar-refractivity contribution in [3.8, 4) is 33.3 Å². The summed E-state index contributed by atoms with van der Waals surface area (Å²) in [5, 5.41) is 10.8. The minimum absolute atomic E-state index is 0.0133. The maximum absolute atomic E-state index is 13.3. The second-order valence-corrected chi connectivity index (χ2v) is 8.26. The second kappa shape index (κ2) is 8.22. The van der Waals surface area contributed by atoms with Crippen LogP contribution >= 0.6 is 11.3 Å². The maximum Gasteiger partial charge on any atom is 0.416 e. The molecule has 0 saturated carbocycles. The summed E-state index contributed by atoms with van der Waals surface area (Å²) in [5.74, 6) is 0. The SMILES string of the molecule is Cc1c(-c2ccsc2-c2ccc(C#N)cc2)c(=O)n(C)c(=O)n1-c1cccc(C(F)(F)F)c1. The van der Waals surface area contributed by atoms with E-state index in [1.54, 1.807) is 42.6 Å². The molecule has 166 valence electrons. The Morgan fingerprint density at radius 3 is 2.36 bits per heavy atom. The van der Waals surface area contributed by atoms with E-state index in [9.17, 15) is 22.8 Å². The molecule has 0 bridgehead atoms. The molecule has 0 radical (unpaired) electrons. The average molecular weight is 467 g/mol. The number of rotatable bonds is 3. The number of nitriles is 1. The highest BCUT2D eigenvalue weighted by Gasteiger charge is 2.31. The predicted molar refractivity (Wildman–Crippen MR) is 120 cm³/mol. The van der Waals surface area contributed by atoms with Gasteiger partial charge >= 0.3 is 11.9 Å². The number of hydrogen-bond donors (Lipinski definition) is 0. The Kier molecular flexibility index (Phi) is 5.56. The minimum atomic E-state index is -4.58. The third kappa shape index (κ3) is 3.90. The Morgan fingerprint density at radius 1 is 1.03 bits per heavy atom. The molecule has 5 nitrogen and oxygen atoms in total. The number of thiophene rings is 1. The molecule has 0 unspecified atom stereocenters. The molecule has 0 N–H and O–H groups in total. The van der Waals surface area contributed by atoms with Crippen molar-refractivity contribution in [1.82, 2.24) is 9.13 Å². The van der Waals surface area contributed by atoms with Gasteiger partial charge in [-0.15, -0.1) is 11.3 Å². The minimum Gasteiger partial charge on any atom is -0.268 e. The first-order chi connectivity index (χ1) is 15.6.